The van der Waals surface area contributed by atoms with Crippen LogP contribution in [-0.4, -0.2) is 30.3 Å². The second-order valence-electron chi connectivity index (χ2n) is 5.27. The minimum atomic E-state index is -0.376. The fourth-order valence-electron chi connectivity index (χ4n) is 2.46. The van der Waals surface area contributed by atoms with Gasteiger partial charge in [-0.15, -0.1) is 0 Å². The molecular weight excluding hydrogens is 265 g/mol. The minimum Gasteiger partial charge on any atom is -0.378 e. The third-order valence-corrected chi connectivity index (χ3v) is 3.66. The van der Waals surface area contributed by atoms with Crippen molar-refractivity contribution in [2.75, 3.05) is 25.7 Å². The first-order valence-corrected chi connectivity index (χ1v) is 6.97. The molecule has 0 saturated carbocycles. The minimum absolute atomic E-state index is 0.355. The Labute approximate surface area is 123 Å². The van der Waals surface area contributed by atoms with E-state index in [1.807, 2.05) is 24.7 Å². The number of halogens is 1. The van der Waals surface area contributed by atoms with Crippen molar-refractivity contribution in [3.8, 4) is 11.1 Å². The molecule has 0 radical (unpaired) electrons. The summed E-state index contributed by atoms with van der Waals surface area (Å²) in [4.78, 5) is 6.43. The van der Waals surface area contributed by atoms with E-state index in [0.29, 0.717) is 6.54 Å². The van der Waals surface area contributed by atoms with Crippen LogP contribution in [0.1, 0.15) is 0 Å². The van der Waals surface area contributed by atoms with Gasteiger partial charge in [-0.25, -0.2) is 9.37 Å². The lowest BCUT2D eigenvalue weighted by atomic mass is 10.0. The Balaban J connectivity index is 1.97. The highest BCUT2D eigenvalue weighted by molar-refractivity contribution is 5.82. The molecule has 0 aliphatic heterocycles. The van der Waals surface area contributed by atoms with E-state index in [9.17, 15) is 4.39 Å². The number of rotatable bonds is 4. The Kier molecular flexibility index (Phi) is 3.60. The van der Waals surface area contributed by atoms with Gasteiger partial charge in [0.15, 0.2) is 0 Å². The monoisotopic (exact) mass is 283 g/mol. The van der Waals surface area contributed by atoms with Crippen molar-refractivity contribution in [2.45, 2.75) is 6.54 Å². The Morgan fingerprint density at radius 1 is 1.05 bits per heavy atom. The van der Waals surface area contributed by atoms with Crippen molar-refractivity contribution in [3.63, 3.8) is 0 Å². The Bertz CT molecular complexity index is 744. The predicted molar refractivity (Wildman–Crippen MR) is 85.5 cm³/mol. The molecule has 0 bridgehead atoms. The molecule has 1 aromatic heterocycles. The molecule has 0 aliphatic carbocycles. The van der Waals surface area contributed by atoms with Crippen LogP contribution >= 0.6 is 0 Å². The molecule has 2 aromatic carbocycles. The average Bonchev–Trinajstić information content (AvgIpc) is 2.90. The van der Waals surface area contributed by atoms with E-state index in [1.165, 1.54) is 5.69 Å². The van der Waals surface area contributed by atoms with Gasteiger partial charge in [-0.2, -0.15) is 0 Å². The summed E-state index contributed by atoms with van der Waals surface area (Å²) in [5, 5.41) is 0. The SMILES string of the molecule is CN(C)c1ccc(-c2ccc3c(c2)ncn3CCF)cc1. The molecule has 0 aliphatic rings. The molecule has 3 aromatic rings. The molecule has 0 saturated heterocycles. The molecule has 0 fully saturated rings. The Morgan fingerprint density at radius 3 is 2.43 bits per heavy atom. The molecule has 4 heteroatoms. The number of aromatic nitrogens is 2. The van der Waals surface area contributed by atoms with Crippen LogP contribution in [0.5, 0.6) is 0 Å². The second kappa shape index (κ2) is 5.56. The van der Waals surface area contributed by atoms with E-state index < -0.39 is 0 Å². The number of fused-ring (bicyclic) bond motifs is 1. The van der Waals surface area contributed by atoms with Gasteiger partial charge in [-0.3, -0.25) is 0 Å². The summed E-state index contributed by atoms with van der Waals surface area (Å²) in [7, 11) is 4.05. The number of imidazole rings is 1. The summed E-state index contributed by atoms with van der Waals surface area (Å²) in [6, 6.07) is 14.5. The molecule has 0 N–H and O–H groups in total. The largest absolute Gasteiger partial charge is 0.378 e. The number of anilines is 1. The molecule has 108 valence electrons. The van der Waals surface area contributed by atoms with Gasteiger partial charge in [0.2, 0.25) is 0 Å². The Morgan fingerprint density at radius 2 is 1.76 bits per heavy atom. The number of hydrogen-bond acceptors (Lipinski definition) is 2. The highest BCUT2D eigenvalue weighted by Crippen LogP contribution is 2.25. The van der Waals surface area contributed by atoms with Crippen LogP contribution in [0.25, 0.3) is 22.2 Å². The molecule has 0 amide bonds. The number of benzene rings is 2. The summed E-state index contributed by atoms with van der Waals surface area (Å²) >= 11 is 0. The van der Waals surface area contributed by atoms with Crippen molar-refractivity contribution < 1.29 is 4.39 Å². The molecule has 21 heavy (non-hydrogen) atoms. The first kappa shape index (κ1) is 13.6. The maximum atomic E-state index is 12.5. The van der Waals surface area contributed by atoms with Crippen LogP contribution in [-0.2, 0) is 6.54 Å². The maximum absolute atomic E-state index is 12.5. The third-order valence-electron chi connectivity index (χ3n) is 3.66. The standard InChI is InChI=1S/C17H18FN3/c1-20(2)15-6-3-13(4-7-15)14-5-8-17-16(11-14)19-12-21(17)10-9-18/h3-8,11-12H,9-10H2,1-2H3. The summed E-state index contributed by atoms with van der Waals surface area (Å²) in [5.74, 6) is 0. The van der Waals surface area contributed by atoms with Crippen LogP contribution in [0.15, 0.2) is 48.8 Å². The number of hydrogen-bond donors (Lipinski definition) is 0. The van der Waals surface area contributed by atoms with E-state index in [1.54, 1.807) is 6.33 Å². The second-order valence-corrected chi connectivity index (χ2v) is 5.27. The summed E-state index contributed by atoms with van der Waals surface area (Å²) < 4.78 is 14.3. The molecule has 0 unspecified atom stereocenters. The van der Waals surface area contributed by atoms with Gasteiger partial charge in [-0.05, 0) is 35.4 Å². The van der Waals surface area contributed by atoms with Gasteiger partial charge in [0.05, 0.1) is 23.9 Å². The molecule has 3 rings (SSSR count). The zero-order chi connectivity index (χ0) is 14.8. The fraction of sp³-hybridized carbons (Fsp3) is 0.235. The lowest BCUT2D eigenvalue weighted by Gasteiger charge is -2.12. The van der Waals surface area contributed by atoms with Crippen molar-refractivity contribution in [3.05, 3.63) is 48.8 Å². The molecule has 0 atom stereocenters. The van der Waals surface area contributed by atoms with Crippen molar-refractivity contribution in [2.24, 2.45) is 0 Å². The summed E-state index contributed by atoms with van der Waals surface area (Å²) in [6.07, 6.45) is 1.70. The maximum Gasteiger partial charge on any atom is 0.107 e. The molecule has 0 spiro atoms. The van der Waals surface area contributed by atoms with Crippen molar-refractivity contribution in [1.29, 1.82) is 0 Å². The van der Waals surface area contributed by atoms with Gasteiger partial charge in [-0.1, -0.05) is 18.2 Å². The average molecular weight is 283 g/mol. The van der Waals surface area contributed by atoms with Gasteiger partial charge >= 0.3 is 0 Å². The topological polar surface area (TPSA) is 21.1 Å². The zero-order valence-electron chi connectivity index (χ0n) is 12.3. The van der Waals surface area contributed by atoms with Gasteiger partial charge in [0.1, 0.15) is 6.67 Å². The molecular formula is C17H18FN3. The Hall–Kier alpha value is -2.36. The molecule has 1 heterocycles. The number of alkyl halides is 1. The fourth-order valence-corrected chi connectivity index (χ4v) is 2.46. The van der Waals surface area contributed by atoms with E-state index in [0.717, 1.165) is 22.2 Å². The number of aryl methyl sites for hydroxylation is 1. The summed E-state index contributed by atoms with van der Waals surface area (Å²) in [5.41, 5.74) is 5.33. The van der Waals surface area contributed by atoms with Gasteiger partial charge in [0, 0.05) is 19.8 Å². The van der Waals surface area contributed by atoms with Crippen LogP contribution in [0.3, 0.4) is 0 Å². The van der Waals surface area contributed by atoms with Crippen molar-refractivity contribution >= 4 is 16.7 Å². The smallest absolute Gasteiger partial charge is 0.107 e. The first-order valence-electron chi connectivity index (χ1n) is 6.97. The van der Waals surface area contributed by atoms with Gasteiger partial charge in [0.25, 0.3) is 0 Å². The van der Waals surface area contributed by atoms with E-state index in [2.05, 4.69) is 46.3 Å². The zero-order valence-corrected chi connectivity index (χ0v) is 12.3. The predicted octanol–water partition coefficient (Wildman–Crippen LogP) is 3.74. The lowest BCUT2D eigenvalue weighted by Crippen LogP contribution is -2.07. The third kappa shape index (κ3) is 2.61. The van der Waals surface area contributed by atoms with E-state index in [4.69, 9.17) is 0 Å². The summed E-state index contributed by atoms with van der Waals surface area (Å²) in [6.45, 7) is -0.0212. The lowest BCUT2D eigenvalue weighted by molar-refractivity contribution is 0.450. The number of nitrogens with zero attached hydrogens (tertiary/aromatic N) is 3. The molecule has 3 nitrogen and oxygen atoms in total. The van der Waals surface area contributed by atoms with Gasteiger partial charge < -0.3 is 9.47 Å². The quantitative estimate of drug-likeness (QED) is 0.727. The highest BCUT2D eigenvalue weighted by Gasteiger charge is 2.05. The first-order chi connectivity index (χ1) is 10.2. The van der Waals surface area contributed by atoms with Crippen LogP contribution in [0.4, 0.5) is 10.1 Å². The van der Waals surface area contributed by atoms with Crippen LogP contribution in [0, 0.1) is 0 Å². The van der Waals surface area contributed by atoms with Crippen LogP contribution in [0.2, 0.25) is 0 Å². The van der Waals surface area contributed by atoms with E-state index >= 15 is 0 Å². The normalized spacial score (nSPS) is 11.0. The van der Waals surface area contributed by atoms with Crippen LogP contribution < -0.4 is 4.90 Å². The van der Waals surface area contributed by atoms with E-state index in [-0.39, 0.29) is 6.67 Å². The van der Waals surface area contributed by atoms with Crippen molar-refractivity contribution in [1.82, 2.24) is 9.55 Å². The highest BCUT2D eigenvalue weighted by atomic mass is 19.1.